The number of rotatable bonds is 2. The lowest BCUT2D eigenvalue weighted by Gasteiger charge is -2.15. The van der Waals surface area contributed by atoms with Gasteiger partial charge in [-0.3, -0.25) is 14.9 Å². The number of nitro groups is 1. The van der Waals surface area contributed by atoms with E-state index in [1.54, 1.807) is 19.1 Å². The maximum Gasteiger partial charge on any atom is 0.293 e. The number of carbonyl (C=O) groups is 1. The summed E-state index contributed by atoms with van der Waals surface area (Å²) in [4.78, 5) is 23.3. The van der Waals surface area contributed by atoms with E-state index >= 15 is 0 Å². The second-order valence-electron chi connectivity index (χ2n) is 4.11. The van der Waals surface area contributed by atoms with Crippen LogP contribution in [0.1, 0.15) is 12.0 Å². The number of nitrogens with zero attached hydrogens (tertiary/aromatic N) is 2. The van der Waals surface area contributed by atoms with Crippen LogP contribution in [0.15, 0.2) is 18.2 Å². The van der Waals surface area contributed by atoms with Crippen molar-refractivity contribution in [3.8, 4) is 0 Å². The van der Waals surface area contributed by atoms with Crippen molar-refractivity contribution >= 4 is 17.3 Å². The summed E-state index contributed by atoms with van der Waals surface area (Å²) in [6, 6.07) is 4.68. The monoisotopic (exact) mass is 236 g/mol. The summed E-state index contributed by atoms with van der Waals surface area (Å²) < 4.78 is 0. The molecule has 0 radical (unpaired) electrons. The number of hydrogen-bond acceptors (Lipinski definition) is 4. The summed E-state index contributed by atoms with van der Waals surface area (Å²) in [5.74, 6) is -0.288. The number of hydrogen-bond donors (Lipinski definition) is 1. The fraction of sp³-hybridized carbons (Fsp3) is 0.364. The standard InChI is InChI=1S/C11H12N2O4/c1-7-2-3-9(10(4-7)13(16)17)12-6-8(14)5-11(12)15/h2-4,8,14H,5-6H2,1H3. The quantitative estimate of drug-likeness (QED) is 0.613. The molecule has 0 aliphatic carbocycles. The third-order valence-corrected chi connectivity index (χ3v) is 2.72. The van der Waals surface area contributed by atoms with Gasteiger partial charge in [-0.25, -0.2) is 0 Å². The smallest absolute Gasteiger partial charge is 0.293 e. The van der Waals surface area contributed by atoms with Gasteiger partial charge in [-0.2, -0.15) is 0 Å². The molecule has 1 aliphatic rings. The Morgan fingerprint density at radius 1 is 1.53 bits per heavy atom. The number of carbonyl (C=O) groups excluding carboxylic acids is 1. The molecule has 1 amide bonds. The summed E-state index contributed by atoms with van der Waals surface area (Å²) in [5.41, 5.74) is 0.905. The van der Waals surface area contributed by atoms with E-state index in [2.05, 4.69) is 0 Å². The highest BCUT2D eigenvalue weighted by Gasteiger charge is 2.33. The Morgan fingerprint density at radius 3 is 2.76 bits per heavy atom. The maximum absolute atomic E-state index is 11.6. The molecule has 1 N–H and O–H groups in total. The molecule has 90 valence electrons. The Bertz CT molecular complexity index is 486. The zero-order valence-corrected chi connectivity index (χ0v) is 9.29. The third kappa shape index (κ3) is 2.12. The molecule has 1 fully saturated rings. The first-order valence-electron chi connectivity index (χ1n) is 5.22. The van der Waals surface area contributed by atoms with Gasteiger partial charge < -0.3 is 10.0 Å². The number of amides is 1. The lowest BCUT2D eigenvalue weighted by atomic mass is 10.2. The molecule has 1 heterocycles. The molecular weight excluding hydrogens is 224 g/mol. The molecule has 1 aromatic rings. The summed E-state index contributed by atoms with van der Waals surface area (Å²) in [6.07, 6.45) is -0.728. The van der Waals surface area contributed by atoms with Crippen molar-refractivity contribution in [3.05, 3.63) is 33.9 Å². The molecule has 1 atom stereocenters. The molecule has 6 nitrogen and oxygen atoms in total. The molecule has 0 aromatic heterocycles. The first-order chi connectivity index (χ1) is 7.99. The zero-order valence-electron chi connectivity index (χ0n) is 9.29. The second-order valence-corrected chi connectivity index (χ2v) is 4.11. The Balaban J connectivity index is 2.45. The van der Waals surface area contributed by atoms with Crippen LogP contribution in [0.3, 0.4) is 0 Å². The first kappa shape index (κ1) is 11.5. The zero-order chi connectivity index (χ0) is 12.6. The Labute approximate surface area is 97.6 Å². The fourth-order valence-corrected chi connectivity index (χ4v) is 1.93. The van der Waals surface area contributed by atoms with E-state index in [0.29, 0.717) is 0 Å². The van der Waals surface area contributed by atoms with Crippen molar-refractivity contribution in [2.75, 3.05) is 11.4 Å². The summed E-state index contributed by atoms with van der Waals surface area (Å²) in [5, 5.41) is 20.3. The number of benzene rings is 1. The molecule has 17 heavy (non-hydrogen) atoms. The van der Waals surface area contributed by atoms with Crippen LogP contribution in [0.4, 0.5) is 11.4 Å². The number of nitro benzene ring substituents is 1. The highest BCUT2D eigenvalue weighted by molar-refractivity contribution is 5.98. The number of aliphatic hydroxyl groups excluding tert-OH is 1. The van der Waals surface area contributed by atoms with Crippen LogP contribution in [0, 0.1) is 17.0 Å². The largest absolute Gasteiger partial charge is 0.391 e. The number of aliphatic hydroxyl groups is 1. The van der Waals surface area contributed by atoms with Gasteiger partial charge in [0.2, 0.25) is 5.91 Å². The van der Waals surface area contributed by atoms with Crippen molar-refractivity contribution in [2.24, 2.45) is 0 Å². The average molecular weight is 236 g/mol. The van der Waals surface area contributed by atoms with E-state index in [1.165, 1.54) is 11.0 Å². The number of aryl methyl sites for hydroxylation is 1. The normalized spacial score (nSPS) is 19.8. The van der Waals surface area contributed by atoms with Gasteiger partial charge in [0.05, 0.1) is 24.0 Å². The van der Waals surface area contributed by atoms with E-state index in [1.807, 2.05) is 0 Å². The highest BCUT2D eigenvalue weighted by atomic mass is 16.6. The van der Waals surface area contributed by atoms with Gasteiger partial charge in [0.15, 0.2) is 0 Å². The predicted octanol–water partition coefficient (Wildman–Crippen LogP) is 1.00. The van der Waals surface area contributed by atoms with Gasteiger partial charge in [0.1, 0.15) is 5.69 Å². The minimum atomic E-state index is -0.747. The fourth-order valence-electron chi connectivity index (χ4n) is 1.93. The first-order valence-corrected chi connectivity index (χ1v) is 5.22. The summed E-state index contributed by atoms with van der Waals surface area (Å²) >= 11 is 0. The van der Waals surface area contributed by atoms with Crippen LogP contribution in [-0.2, 0) is 4.79 Å². The van der Waals surface area contributed by atoms with Gasteiger partial charge in [0, 0.05) is 6.07 Å². The van der Waals surface area contributed by atoms with E-state index < -0.39 is 11.0 Å². The number of β-amino-alcohol motifs (C(OH)–C–C–N with tert-alkyl or cyclic N) is 1. The predicted molar refractivity (Wildman–Crippen MR) is 60.8 cm³/mol. The lowest BCUT2D eigenvalue weighted by molar-refractivity contribution is -0.384. The molecule has 2 rings (SSSR count). The second kappa shape index (κ2) is 4.14. The van der Waals surface area contributed by atoms with Crippen LogP contribution in [-0.4, -0.2) is 28.6 Å². The number of anilines is 1. The average Bonchev–Trinajstić information content (AvgIpc) is 2.57. The van der Waals surface area contributed by atoms with Crippen molar-refractivity contribution in [1.29, 1.82) is 0 Å². The van der Waals surface area contributed by atoms with Gasteiger partial charge in [-0.05, 0) is 18.6 Å². The van der Waals surface area contributed by atoms with Crippen LogP contribution in [0.5, 0.6) is 0 Å². The molecule has 6 heteroatoms. The SMILES string of the molecule is Cc1ccc(N2CC(O)CC2=O)c([N+](=O)[O-])c1. The van der Waals surface area contributed by atoms with Gasteiger partial charge in [-0.15, -0.1) is 0 Å². The van der Waals surface area contributed by atoms with Gasteiger partial charge in [0.25, 0.3) is 5.69 Å². The van der Waals surface area contributed by atoms with E-state index in [-0.39, 0.29) is 30.2 Å². The van der Waals surface area contributed by atoms with E-state index in [0.717, 1.165) is 5.56 Å². The van der Waals surface area contributed by atoms with Gasteiger partial charge >= 0.3 is 0 Å². The molecule has 1 aromatic carbocycles. The topological polar surface area (TPSA) is 83.7 Å². The minimum absolute atomic E-state index is 0.0189. The third-order valence-electron chi connectivity index (χ3n) is 2.72. The highest BCUT2D eigenvalue weighted by Crippen LogP contribution is 2.31. The summed E-state index contributed by atoms with van der Waals surface area (Å²) in [7, 11) is 0. The van der Waals surface area contributed by atoms with Crippen LogP contribution >= 0.6 is 0 Å². The molecule has 1 aliphatic heterocycles. The molecule has 0 saturated carbocycles. The van der Waals surface area contributed by atoms with Gasteiger partial charge in [-0.1, -0.05) is 6.07 Å². The van der Waals surface area contributed by atoms with Crippen molar-refractivity contribution in [2.45, 2.75) is 19.4 Å². The Kier molecular flexibility index (Phi) is 2.81. The maximum atomic E-state index is 11.6. The summed E-state index contributed by atoms with van der Waals surface area (Å²) in [6.45, 7) is 1.86. The van der Waals surface area contributed by atoms with Crippen LogP contribution < -0.4 is 4.90 Å². The molecule has 0 spiro atoms. The van der Waals surface area contributed by atoms with Crippen molar-refractivity contribution in [3.63, 3.8) is 0 Å². The van der Waals surface area contributed by atoms with Crippen molar-refractivity contribution < 1.29 is 14.8 Å². The lowest BCUT2D eigenvalue weighted by Crippen LogP contribution is -2.26. The van der Waals surface area contributed by atoms with Crippen molar-refractivity contribution in [1.82, 2.24) is 0 Å². The molecular formula is C11H12N2O4. The Morgan fingerprint density at radius 2 is 2.24 bits per heavy atom. The van der Waals surface area contributed by atoms with E-state index in [9.17, 15) is 20.0 Å². The molecule has 1 unspecified atom stereocenters. The van der Waals surface area contributed by atoms with Crippen LogP contribution in [0.2, 0.25) is 0 Å². The minimum Gasteiger partial charge on any atom is -0.391 e. The Hall–Kier alpha value is -1.95. The molecule has 0 bridgehead atoms. The van der Waals surface area contributed by atoms with Crippen LogP contribution in [0.25, 0.3) is 0 Å². The van der Waals surface area contributed by atoms with E-state index in [4.69, 9.17) is 0 Å². The molecule has 1 saturated heterocycles.